The summed E-state index contributed by atoms with van der Waals surface area (Å²) in [4.78, 5) is 0. The molecule has 0 aliphatic rings. The molecule has 0 radical (unpaired) electrons. The van der Waals surface area contributed by atoms with E-state index in [-0.39, 0.29) is 0 Å². The Kier molecular flexibility index (Phi) is 88.4. The zero-order valence-electron chi connectivity index (χ0n) is 46.2. The first-order valence-corrected chi connectivity index (χ1v) is 26.3. The van der Waals surface area contributed by atoms with Gasteiger partial charge in [0.1, 0.15) is 0 Å². The van der Waals surface area contributed by atoms with E-state index in [9.17, 15) is 0 Å². The zero-order valence-corrected chi connectivity index (χ0v) is 46.2. The zero-order chi connectivity index (χ0) is 56.4. The summed E-state index contributed by atoms with van der Waals surface area (Å²) in [5, 5.41) is 0. The van der Waals surface area contributed by atoms with Crippen molar-refractivity contribution in [3.63, 3.8) is 0 Å². The molecule has 0 fully saturated rings. The Morgan fingerprint density at radius 2 is 0.165 bits per heavy atom. The van der Waals surface area contributed by atoms with Gasteiger partial charge >= 0.3 is 530 Å². The van der Waals surface area contributed by atoms with Gasteiger partial charge in [-0.25, -0.2) is 0 Å². The van der Waals surface area contributed by atoms with Crippen LogP contribution in [0.5, 0.6) is 0 Å². The Morgan fingerprint density at radius 3 is 0.228 bits per heavy atom. The van der Waals surface area contributed by atoms with Crippen LogP contribution in [-0.2, 0) is 0 Å². The SMILES string of the molecule is B=BB=BB=BB=BB=BB=BB=BB=BB=BB=BB=BB=BB=BB=BB=BB=BB=BB=BB=BB=BB=BB=BB=BB=BB=BB=BB=BB=BB=BB=BB=BB=BB=BB=BB=BB=BB=BB=BB=BC. The molecular formula is CH4B78. The minimum absolute atomic E-state index is 1.75. The Labute approximate surface area is 524 Å². The van der Waals surface area contributed by atoms with Crippen LogP contribution in [0.2, 0.25) is 6.82 Å². The quantitative estimate of drug-likeness (QED) is 0.0543. The Balaban J connectivity index is 4.10. The van der Waals surface area contributed by atoms with Crippen molar-refractivity contribution in [2.75, 3.05) is 0 Å². The fraction of sp³-hybridized carbons (Fsp3) is 1.00. The molecule has 0 spiro atoms. The average molecular weight is 859 g/mol. The molecule has 0 nitrogen and oxygen atoms in total. The van der Waals surface area contributed by atoms with Crippen molar-refractivity contribution >= 4 is 523 Å². The summed E-state index contributed by atoms with van der Waals surface area (Å²) < 4.78 is 0. The van der Waals surface area contributed by atoms with E-state index in [0.717, 1.165) is 0 Å². The molecule has 0 atom stereocenters. The van der Waals surface area contributed by atoms with Crippen molar-refractivity contribution in [1.29, 1.82) is 0 Å². The predicted octanol–water partition coefficient (Wildman–Crippen LogP) is -29.4. The second-order valence-electron chi connectivity index (χ2n) is 15.0. The number of hydrogen-bond acceptors (Lipinski definition) is 0. The van der Waals surface area contributed by atoms with Crippen molar-refractivity contribution < 1.29 is 0 Å². The van der Waals surface area contributed by atoms with Crippen molar-refractivity contribution in [2.24, 2.45) is 0 Å². The van der Waals surface area contributed by atoms with Gasteiger partial charge in [0.05, 0.1) is 0 Å². The number of rotatable bonds is 38. The van der Waals surface area contributed by atoms with Crippen molar-refractivity contribution in [2.45, 2.75) is 6.82 Å². The number of hydrogen-bond donors (Lipinski definition) is 0. The third-order valence-corrected chi connectivity index (χ3v) is 8.55. The third kappa shape index (κ3) is 83.1. The summed E-state index contributed by atoms with van der Waals surface area (Å²) in [6, 6.07) is 0. The van der Waals surface area contributed by atoms with Gasteiger partial charge in [-0.3, -0.25) is 0 Å². The summed E-state index contributed by atoms with van der Waals surface area (Å²) in [6.07, 6.45) is 0. The third-order valence-electron chi connectivity index (χ3n) is 8.55. The molecule has 0 bridgehead atoms. The van der Waals surface area contributed by atoms with E-state index >= 15 is 0 Å². The standard InChI is InChI=1S/CH4B78/c1-3-5-7-9-11-13-15-17-19-21-23-25-27-29-31-33-35-37-39-41-43-45-47-49-51-53-55-57-59-61-63-65-67-69-71-73-75-77-79-78-76-74-72-70-68-66-64-62-60-58-56-54-52-50-48-46-44-42-40-38-36-34-32-30-28-26-24-22-20-18-16-14-12-10-8-6-4-2/h2H,1H3. The van der Waals surface area contributed by atoms with E-state index in [1.807, 2.05) is 516 Å². The molecule has 0 saturated heterocycles. The van der Waals surface area contributed by atoms with Gasteiger partial charge in [0, 0.05) is 0 Å². The van der Waals surface area contributed by atoms with Crippen LogP contribution in [0, 0.1) is 0 Å². The molecular weight excluding hydrogens is 855 g/mol. The van der Waals surface area contributed by atoms with Crippen molar-refractivity contribution in [3.8, 4) is 0 Å². The maximum absolute atomic E-state index is 3.63. The Morgan fingerprint density at radius 1 is 0.101 bits per heavy atom. The normalized spacial score (nSPS) is 7.80. The topological polar surface area (TPSA) is 0 Å². The molecule has 0 amide bonds. The summed E-state index contributed by atoms with van der Waals surface area (Å²) in [7, 11) is 3.63. The van der Waals surface area contributed by atoms with Gasteiger partial charge in [0.15, 0.2) is 0 Å². The molecule has 0 aliphatic heterocycles. The van der Waals surface area contributed by atoms with Crippen LogP contribution in [0.4, 0.5) is 0 Å². The van der Waals surface area contributed by atoms with Crippen LogP contribution < -0.4 is 0 Å². The first-order valence-electron chi connectivity index (χ1n) is 26.3. The Hall–Kier alpha value is 5.06. The minimum atomic E-state index is 1.75. The summed E-state index contributed by atoms with van der Waals surface area (Å²) in [6.45, 7) is 155. The van der Waals surface area contributed by atoms with Gasteiger partial charge in [-0.2, -0.15) is 0 Å². The monoisotopic (exact) mass is 875 g/mol. The fourth-order valence-corrected chi connectivity index (χ4v) is 4.87. The molecule has 0 aromatic rings. The molecule has 242 valence electrons. The molecule has 78 heteroatoms. The van der Waals surface area contributed by atoms with Crippen LogP contribution in [-0.4, -0.2) is 523 Å². The molecule has 0 aromatic heterocycles. The van der Waals surface area contributed by atoms with Crippen LogP contribution in [0.3, 0.4) is 0 Å². The predicted molar refractivity (Wildman–Crippen MR) is 456 cm³/mol. The van der Waals surface area contributed by atoms with Gasteiger partial charge < -0.3 is 0 Å². The van der Waals surface area contributed by atoms with E-state index in [0.29, 0.717) is 0 Å². The van der Waals surface area contributed by atoms with E-state index in [4.69, 9.17) is 0 Å². The molecule has 0 heterocycles. The first-order chi connectivity index (χ1) is 39.4. The van der Waals surface area contributed by atoms with Gasteiger partial charge in [-0.05, 0) is 0 Å². The van der Waals surface area contributed by atoms with E-state index < -0.39 is 0 Å². The fourth-order valence-electron chi connectivity index (χ4n) is 4.87. The average Bonchev–Trinajstić information content (AvgIpc) is 3.46. The summed E-state index contributed by atoms with van der Waals surface area (Å²) >= 11 is 0. The Bertz CT molecular complexity index is 2780. The maximum atomic E-state index is 3.63. The van der Waals surface area contributed by atoms with Gasteiger partial charge in [-0.15, -0.1) is 0 Å². The van der Waals surface area contributed by atoms with Gasteiger partial charge in [0.2, 0.25) is 0 Å². The van der Waals surface area contributed by atoms with Crippen molar-refractivity contribution in [1.82, 2.24) is 0 Å². The van der Waals surface area contributed by atoms with Gasteiger partial charge in [-0.1, -0.05) is 0 Å². The molecule has 0 unspecified atom stereocenters. The van der Waals surface area contributed by atoms with Gasteiger partial charge in [0.25, 0.3) is 0 Å². The van der Waals surface area contributed by atoms with E-state index in [1.54, 1.807) is 6.69 Å². The molecule has 0 saturated carbocycles. The summed E-state index contributed by atoms with van der Waals surface area (Å²) in [5.41, 5.74) is 0. The van der Waals surface area contributed by atoms with Crippen LogP contribution in [0.1, 0.15) is 0 Å². The van der Waals surface area contributed by atoms with E-state index in [1.165, 1.54) is 0 Å². The molecule has 0 N–H and O–H groups in total. The van der Waals surface area contributed by atoms with Crippen LogP contribution in [0.25, 0.3) is 0 Å². The second kappa shape index (κ2) is 83.1. The molecule has 0 aromatic carbocycles. The molecule has 79 heavy (non-hydrogen) atoms. The first kappa shape index (κ1) is 84.1. The summed E-state index contributed by atoms with van der Waals surface area (Å²) in [5.74, 6) is 0. The van der Waals surface area contributed by atoms with Crippen LogP contribution >= 0.6 is 0 Å². The van der Waals surface area contributed by atoms with Crippen LogP contribution in [0.15, 0.2) is 0 Å². The molecule has 0 rings (SSSR count). The molecule has 0 aliphatic carbocycles. The second-order valence-corrected chi connectivity index (χ2v) is 15.0. The van der Waals surface area contributed by atoms with Crippen molar-refractivity contribution in [3.05, 3.63) is 0 Å². The van der Waals surface area contributed by atoms with E-state index in [2.05, 4.69) is 7.37 Å².